The van der Waals surface area contributed by atoms with Crippen LogP contribution < -0.4 is 5.32 Å². The van der Waals surface area contributed by atoms with E-state index in [0.717, 1.165) is 44.9 Å². The highest BCUT2D eigenvalue weighted by molar-refractivity contribution is 5.76. The zero-order valence-corrected chi connectivity index (χ0v) is 53.4. The molecule has 0 fully saturated rings. The van der Waals surface area contributed by atoms with Crippen LogP contribution >= 0.6 is 0 Å². The fourth-order valence-electron chi connectivity index (χ4n) is 11.2. The number of aliphatic hydroxyl groups is 2. The number of hydrogen-bond donors (Lipinski definition) is 3. The molecule has 0 rings (SSSR count). The van der Waals surface area contributed by atoms with Crippen LogP contribution in [0.2, 0.25) is 0 Å². The number of allylic oxidation sites excluding steroid dienone is 5. The molecule has 0 bridgehead atoms. The van der Waals surface area contributed by atoms with Crippen LogP contribution in [0.15, 0.2) is 36.5 Å². The van der Waals surface area contributed by atoms with Crippen LogP contribution in [-0.4, -0.2) is 47.4 Å². The predicted octanol–water partition coefficient (Wildman–Crippen LogP) is 23.1. The van der Waals surface area contributed by atoms with Gasteiger partial charge in [0.1, 0.15) is 0 Å². The molecule has 0 saturated heterocycles. The predicted molar refractivity (Wildman–Crippen MR) is 347 cm³/mol. The fraction of sp³-hybridized carbons (Fsp3) is 0.890. The number of ether oxygens (including phenoxy) is 1. The lowest BCUT2D eigenvalue weighted by Crippen LogP contribution is -2.45. The second-order valence-corrected chi connectivity index (χ2v) is 24.6. The summed E-state index contributed by atoms with van der Waals surface area (Å²) in [5.74, 6) is -0.0636. The third-order valence-electron chi connectivity index (χ3n) is 16.6. The minimum atomic E-state index is -0.848. The molecule has 0 radical (unpaired) electrons. The first kappa shape index (κ1) is 77.1. The van der Waals surface area contributed by atoms with E-state index in [-0.39, 0.29) is 18.5 Å². The number of rotatable bonds is 67. The van der Waals surface area contributed by atoms with Crippen molar-refractivity contribution in [3.05, 3.63) is 36.5 Å². The van der Waals surface area contributed by atoms with Crippen LogP contribution in [0.25, 0.3) is 0 Å². The Hall–Kier alpha value is -1.92. The molecule has 0 aliphatic heterocycles. The molecule has 0 aromatic rings. The normalized spacial score (nSPS) is 12.7. The summed E-state index contributed by atoms with van der Waals surface area (Å²) in [6.45, 7) is 4.91. The van der Waals surface area contributed by atoms with E-state index in [1.165, 1.54) is 321 Å². The number of carbonyl (C=O) groups excluding carboxylic acids is 2. The summed E-state index contributed by atoms with van der Waals surface area (Å²) in [4.78, 5) is 24.6. The van der Waals surface area contributed by atoms with Crippen LogP contribution in [0.4, 0.5) is 0 Å². The summed E-state index contributed by atoms with van der Waals surface area (Å²) >= 11 is 0. The minimum Gasteiger partial charge on any atom is -0.466 e. The largest absolute Gasteiger partial charge is 0.466 e. The molecule has 0 aliphatic carbocycles. The zero-order chi connectivity index (χ0) is 57.1. The molecule has 0 spiro atoms. The van der Waals surface area contributed by atoms with E-state index >= 15 is 0 Å². The molecule has 6 nitrogen and oxygen atoms in total. The lowest BCUT2D eigenvalue weighted by molar-refractivity contribution is -0.143. The Morgan fingerprint density at radius 2 is 0.595 bits per heavy atom. The summed E-state index contributed by atoms with van der Waals surface area (Å²) in [6.07, 6.45) is 88.0. The van der Waals surface area contributed by atoms with Gasteiger partial charge >= 0.3 is 5.97 Å². The van der Waals surface area contributed by atoms with Gasteiger partial charge < -0.3 is 20.3 Å². The Morgan fingerprint density at radius 1 is 0.342 bits per heavy atom. The molecule has 6 heteroatoms. The van der Waals surface area contributed by atoms with Crippen molar-refractivity contribution in [1.82, 2.24) is 5.32 Å². The van der Waals surface area contributed by atoms with Crippen LogP contribution in [0.5, 0.6) is 0 Å². The van der Waals surface area contributed by atoms with Crippen LogP contribution in [0.3, 0.4) is 0 Å². The molecule has 0 aromatic heterocycles. The Kier molecular flexibility index (Phi) is 66.9. The Labute approximate surface area is 494 Å². The lowest BCUT2D eigenvalue weighted by atomic mass is 10.0. The van der Waals surface area contributed by atoms with Crippen molar-refractivity contribution in [1.29, 1.82) is 0 Å². The van der Waals surface area contributed by atoms with Crippen molar-refractivity contribution in [3.8, 4) is 0 Å². The summed E-state index contributed by atoms with van der Waals surface area (Å²) in [6, 6.07) is -0.632. The van der Waals surface area contributed by atoms with Crippen LogP contribution in [0.1, 0.15) is 393 Å². The molecule has 466 valence electrons. The molecule has 0 aliphatic rings. The Morgan fingerprint density at radius 3 is 0.924 bits per heavy atom. The highest BCUT2D eigenvalue weighted by Gasteiger charge is 2.18. The topological polar surface area (TPSA) is 95.9 Å². The molecular formula is C73H139NO5. The van der Waals surface area contributed by atoms with E-state index in [4.69, 9.17) is 4.74 Å². The van der Waals surface area contributed by atoms with Crippen molar-refractivity contribution in [2.75, 3.05) is 13.2 Å². The maximum Gasteiger partial charge on any atom is 0.305 e. The second-order valence-electron chi connectivity index (χ2n) is 24.6. The first-order valence-corrected chi connectivity index (χ1v) is 35.8. The van der Waals surface area contributed by atoms with Crippen molar-refractivity contribution < 1.29 is 24.5 Å². The molecule has 2 unspecified atom stereocenters. The standard InChI is InChI=1S/C73H139NO5/c1-3-5-7-9-11-13-15-17-18-19-20-21-22-24-27-30-33-36-39-42-45-49-53-57-61-65-71(76)70(69-75)74-72(77)66-62-58-54-50-46-43-40-37-34-31-28-25-23-26-29-32-35-38-41-44-48-52-56-60-64-68-79-73(78)67-63-59-55-51-47-16-14-12-10-8-6-4-2/h12,14,25,28,61,65,70-71,75-76H,3-11,13,15-24,26-27,29-60,62-64,66-69H2,1-2H3,(H,74,77)/b14-12-,28-25-,65-61+. The maximum absolute atomic E-state index is 12.5. The number of unbranched alkanes of at least 4 members (excludes halogenated alkanes) is 52. The molecular weight excluding hydrogens is 971 g/mol. The van der Waals surface area contributed by atoms with Crippen molar-refractivity contribution >= 4 is 11.9 Å². The molecule has 0 saturated carbocycles. The molecule has 0 aromatic carbocycles. The number of esters is 1. The van der Waals surface area contributed by atoms with Gasteiger partial charge in [-0.3, -0.25) is 9.59 Å². The number of amides is 1. The summed E-state index contributed by atoms with van der Waals surface area (Å²) in [7, 11) is 0. The first-order valence-electron chi connectivity index (χ1n) is 35.8. The number of carbonyl (C=O) groups is 2. The summed E-state index contributed by atoms with van der Waals surface area (Å²) in [5.41, 5.74) is 0. The lowest BCUT2D eigenvalue weighted by Gasteiger charge is -2.20. The van der Waals surface area contributed by atoms with Gasteiger partial charge in [-0.1, -0.05) is 333 Å². The van der Waals surface area contributed by atoms with Gasteiger partial charge in [-0.2, -0.15) is 0 Å². The van der Waals surface area contributed by atoms with Gasteiger partial charge in [0.25, 0.3) is 0 Å². The quantitative estimate of drug-likeness (QED) is 0.0320. The maximum atomic E-state index is 12.5. The first-order chi connectivity index (χ1) is 39.0. The van der Waals surface area contributed by atoms with E-state index in [2.05, 4.69) is 43.5 Å². The van der Waals surface area contributed by atoms with Gasteiger partial charge in [0, 0.05) is 12.8 Å². The van der Waals surface area contributed by atoms with Crippen LogP contribution in [-0.2, 0) is 14.3 Å². The van der Waals surface area contributed by atoms with E-state index in [9.17, 15) is 19.8 Å². The molecule has 79 heavy (non-hydrogen) atoms. The molecule has 0 heterocycles. The average molecular weight is 1110 g/mol. The summed E-state index contributed by atoms with van der Waals surface area (Å²) in [5, 5.41) is 23.3. The average Bonchev–Trinajstić information content (AvgIpc) is 3.45. The minimum absolute atomic E-state index is 0.00336. The Balaban J connectivity index is 3.43. The van der Waals surface area contributed by atoms with Gasteiger partial charge in [0.15, 0.2) is 0 Å². The molecule has 3 N–H and O–H groups in total. The van der Waals surface area contributed by atoms with Crippen molar-refractivity contribution in [3.63, 3.8) is 0 Å². The number of aliphatic hydroxyl groups excluding tert-OH is 2. The smallest absolute Gasteiger partial charge is 0.305 e. The van der Waals surface area contributed by atoms with Gasteiger partial charge in [0.2, 0.25) is 5.91 Å². The number of nitrogens with one attached hydrogen (secondary N) is 1. The zero-order valence-electron chi connectivity index (χ0n) is 53.4. The number of hydrogen-bond acceptors (Lipinski definition) is 5. The Bertz CT molecular complexity index is 1280. The molecule has 2 atom stereocenters. The highest BCUT2D eigenvalue weighted by atomic mass is 16.5. The van der Waals surface area contributed by atoms with Gasteiger partial charge in [0.05, 0.1) is 25.4 Å². The van der Waals surface area contributed by atoms with E-state index in [1.807, 2.05) is 6.08 Å². The van der Waals surface area contributed by atoms with Crippen LogP contribution in [0, 0.1) is 0 Å². The fourth-order valence-corrected chi connectivity index (χ4v) is 11.2. The summed E-state index contributed by atoms with van der Waals surface area (Å²) < 4.78 is 5.47. The van der Waals surface area contributed by atoms with E-state index in [1.54, 1.807) is 6.08 Å². The molecule has 1 amide bonds. The van der Waals surface area contributed by atoms with Crippen molar-refractivity contribution in [2.45, 2.75) is 405 Å². The van der Waals surface area contributed by atoms with Crippen molar-refractivity contribution in [2.24, 2.45) is 0 Å². The third kappa shape index (κ3) is 65.1. The third-order valence-corrected chi connectivity index (χ3v) is 16.6. The van der Waals surface area contributed by atoms with E-state index < -0.39 is 12.1 Å². The van der Waals surface area contributed by atoms with Gasteiger partial charge in [-0.05, 0) is 83.5 Å². The second kappa shape index (κ2) is 68.6. The van der Waals surface area contributed by atoms with Gasteiger partial charge in [-0.15, -0.1) is 0 Å². The van der Waals surface area contributed by atoms with E-state index in [0.29, 0.717) is 19.4 Å². The monoisotopic (exact) mass is 1110 g/mol. The highest BCUT2D eigenvalue weighted by Crippen LogP contribution is 2.18. The van der Waals surface area contributed by atoms with Gasteiger partial charge in [-0.25, -0.2) is 0 Å². The SMILES string of the molecule is CCCCC/C=C\CCCCCCCC(=O)OCCCCCCCCCCCCCC/C=C\CCCCCCCCCCCC(=O)NC(CO)C(O)/C=C/CCCCCCCCCCCCCCCCCCCCCCCCC.